The Labute approximate surface area is 272 Å². The molecule has 3 aromatic carbocycles. The zero-order chi connectivity index (χ0) is 31.4. The highest BCUT2D eigenvalue weighted by Gasteiger charge is 2.31. The number of hydrogen-bond acceptors (Lipinski definition) is 8. The second kappa shape index (κ2) is 13.9. The van der Waals surface area contributed by atoms with Crippen LogP contribution in [0.3, 0.4) is 0 Å². The summed E-state index contributed by atoms with van der Waals surface area (Å²) >= 11 is 20.2. The molecule has 228 valence electrons. The molecule has 1 aliphatic heterocycles. The van der Waals surface area contributed by atoms with E-state index in [4.69, 9.17) is 53.8 Å². The standard InChI is InChI=1S/C32H27Cl3N2O6S/c1-4-41-25-10-9-19(13-26(25)42-5-2)28-23(31(39)40-3)16-36-32-37(28)30(38)27(44-32)14-20-12-22(34)15-24(35)29(20)43-17-18-7-6-8-21(33)11-18/h6-16,28H,4-5,17H2,1-3H3/b27-14+/t28-/m1/s1. The number of methoxy groups -OCH3 is 1. The molecule has 2 heterocycles. The van der Waals surface area contributed by atoms with E-state index < -0.39 is 12.0 Å². The third kappa shape index (κ3) is 6.66. The first kappa shape index (κ1) is 31.7. The molecule has 0 saturated carbocycles. The Morgan fingerprint density at radius 1 is 0.977 bits per heavy atom. The smallest absolute Gasteiger partial charge is 0.337 e. The molecule has 12 heteroatoms. The summed E-state index contributed by atoms with van der Waals surface area (Å²) in [6, 6.07) is 15.0. The van der Waals surface area contributed by atoms with Crippen LogP contribution in [0.2, 0.25) is 15.1 Å². The summed E-state index contributed by atoms with van der Waals surface area (Å²) in [6.45, 7) is 4.77. The van der Waals surface area contributed by atoms with Gasteiger partial charge in [-0.25, -0.2) is 9.79 Å². The van der Waals surface area contributed by atoms with Crippen LogP contribution in [0.4, 0.5) is 0 Å². The summed E-state index contributed by atoms with van der Waals surface area (Å²) in [6.07, 6.45) is 3.08. The van der Waals surface area contributed by atoms with Gasteiger partial charge in [0.1, 0.15) is 12.4 Å². The minimum absolute atomic E-state index is 0.187. The molecule has 5 rings (SSSR count). The Morgan fingerprint density at radius 2 is 1.75 bits per heavy atom. The van der Waals surface area contributed by atoms with E-state index in [0.717, 1.165) is 16.9 Å². The molecule has 0 amide bonds. The van der Waals surface area contributed by atoms with Crippen LogP contribution in [-0.2, 0) is 16.1 Å². The monoisotopic (exact) mass is 672 g/mol. The lowest BCUT2D eigenvalue weighted by atomic mass is 9.97. The fourth-order valence-corrected chi connectivity index (χ4v) is 6.49. The van der Waals surface area contributed by atoms with Crippen LogP contribution in [0, 0.1) is 0 Å². The maximum absolute atomic E-state index is 14.1. The van der Waals surface area contributed by atoms with Crippen LogP contribution in [0.1, 0.15) is 36.6 Å². The number of ether oxygens (including phenoxy) is 4. The van der Waals surface area contributed by atoms with Crippen LogP contribution in [0.15, 0.2) is 76.2 Å². The Hall–Kier alpha value is -3.76. The zero-order valence-electron chi connectivity index (χ0n) is 23.9. The molecule has 1 atom stereocenters. The van der Waals surface area contributed by atoms with E-state index in [0.29, 0.717) is 61.0 Å². The van der Waals surface area contributed by atoms with Gasteiger partial charge in [-0.1, -0.05) is 64.3 Å². The predicted octanol–water partition coefficient (Wildman–Crippen LogP) is 6.35. The number of thiazole rings is 1. The van der Waals surface area contributed by atoms with E-state index in [-0.39, 0.29) is 22.8 Å². The first-order chi connectivity index (χ1) is 21.2. The molecular formula is C32H27Cl3N2O6S. The van der Waals surface area contributed by atoms with Crippen molar-refractivity contribution >= 4 is 58.2 Å². The number of nitrogens with zero attached hydrogens (tertiary/aromatic N) is 2. The van der Waals surface area contributed by atoms with Gasteiger partial charge in [0.15, 0.2) is 16.3 Å². The maximum Gasteiger partial charge on any atom is 0.337 e. The van der Waals surface area contributed by atoms with Gasteiger partial charge < -0.3 is 18.9 Å². The molecule has 0 radical (unpaired) electrons. The Morgan fingerprint density at radius 3 is 2.48 bits per heavy atom. The van der Waals surface area contributed by atoms with Crippen LogP contribution in [0.5, 0.6) is 17.2 Å². The van der Waals surface area contributed by atoms with Gasteiger partial charge in [0.05, 0.1) is 41.5 Å². The summed E-state index contributed by atoms with van der Waals surface area (Å²) in [5.41, 5.74) is 1.77. The number of carbonyl (C=O) groups is 1. The molecule has 1 aromatic heterocycles. The first-order valence-electron chi connectivity index (χ1n) is 13.6. The van der Waals surface area contributed by atoms with Crippen molar-refractivity contribution in [3.05, 3.63) is 118 Å². The molecule has 0 spiro atoms. The summed E-state index contributed by atoms with van der Waals surface area (Å²) in [5, 5.41) is 1.23. The van der Waals surface area contributed by atoms with Crippen LogP contribution >= 0.6 is 46.1 Å². The molecule has 1 aliphatic rings. The van der Waals surface area contributed by atoms with E-state index in [1.54, 1.807) is 48.5 Å². The van der Waals surface area contributed by atoms with Gasteiger partial charge in [-0.2, -0.15) is 0 Å². The molecule has 4 aromatic rings. The predicted molar refractivity (Wildman–Crippen MR) is 172 cm³/mol. The van der Waals surface area contributed by atoms with Crippen molar-refractivity contribution in [1.29, 1.82) is 0 Å². The van der Waals surface area contributed by atoms with Gasteiger partial charge in [-0.15, -0.1) is 0 Å². The molecule has 0 saturated heterocycles. The lowest BCUT2D eigenvalue weighted by Gasteiger charge is -2.23. The molecule has 8 nitrogen and oxygen atoms in total. The number of carbonyl (C=O) groups excluding carboxylic acids is 1. The van der Waals surface area contributed by atoms with E-state index in [2.05, 4.69) is 4.99 Å². The highest BCUT2D eigenvalue weighted by molar-refractivity contribution is 7.07. The van der Waals surface area contributed by atoms with Gasteiger partial charge in [-0.05, 0) is 67.4 Å². The van der Waals surface area contributed by atoms with Gasteiger partial charge in [0.2, 0.25) is 0 Å². The van der Waals surface area contributed by atoms with Crippen molar-refractivity contribution in [2.75, 3.05) is 20.3 Å². The van der Waals surface area contributed by atoms with Crippen LogP contribution in [-0.4, -0.2) is 30.9 Å². The summed E-state index contributed by atoms with van der Waals surface area (Å²) in [5.74, 6) is 0.780. The Bertz CT molecular complexity index is 1940. The lowest BCUT2D eigenvalue weighted by molar-refractivity contribution is -0.136. The largest absolute Gasteiger partial charge is 0.490 e. The average molecular weight is 674 g/mol. The minimum atomic E-state index is -0.836. The number of aromatic nitrogens is 1. The topological polar surface area (TPSA) is 88.4 Å². The molecule has 0 aliphatic carbocycles. The highest BCUT2D eigenvalue weighted by Crippen LogP contribution is 2.36. The van der Waals surface area contributed by atoms with Crippen molar-refractivity contribution in [1.82, 2.24) is 4.57 Å². The van der Waals surface area contributed by atoms with Crippen molar-refractivity contribution in [3.8, 4) is 17.2 Å². The lowest BCUT2D eigenvalue weighted by Crippen LogP contribution is -2.39. The third-order valence-electron chi connectivity index (χ3n) is 6.60. The number of halogens is 3. The van der Waals surface area contributed by atoms with Crippen molar-refractivity contribution < 1.29 is 23.7 Å². The van der Waals surface area contributed by atoms with Gasteiger partial charge >= 0.3 is 5.97 Å². The summed E-state index contributed by atoms with van der Waals surface area (Å²) in [4.78, 5) is 31.8. The van der Waals surface area contributed by atoms with Crippen molar-refractivity contribution in [2.24, 2.45) is 4.99 Å². The first-order valence-corrected chi connectivity index (χ1v) is 15.5. The molecule has 44 heavy (non-hydrogen) atoms. The average Bonchev–Trinajstić information content (AvgIpc) is 3.31. The van der Waals surface area contributed by atoms with Gasteiger partial charge in [-0.3, -0.25) is 9.36 Å². The SMILES string of the molecule is CCOc1ccc([C@@H]2C(C(=O)OC)=CN=c3s/c(=C/c4cc(Cl)cc(Cl)c4OCc4cccc(Cl)c4)c(=O)n32)cc1OCC. The van der Waals surface area contributed by atoms with Gasteiger partial charge in [0, 0.05) is 21.8 Å². The number of hydrogen-bond donors (Lipinski definition) is 0. The maximum atomic E-state index is 14.1. The molecule has 0 fully saturated rings. The quantitative estimate of drug-likeness (QED) is 0.182. The normalized spacial score (nSPS) is 14.4. The fraction of sp³-hybridized carbons (Fsp3) is 0.219. The molecule has 0 unspecified atom stereocenters. The highest BCUT2D eigenvalue weighted by atomic mass is 35.5. The van der Waals surface area contributed by atoms with E-state index in [1.807, 2.05) is 26.0 Å². The Balaban J connectivity index is 1.63. The summed E-state index contributed by atoms with van der Waals surface area (Å²) < 4.78 is 24.5. The van der Waals surface area contributed by atoms with E-state index >= 15 is 0 Å². The zero-order valence-corrected chi connectivity index (χ0v) is 27.0. The third-order valence-corrected chi connectivity index (χ3v) is 8.34. The Kier molecular flexibility index (Phi) is 10.0. The minimum Gasteiger partial charge on any atom is -0.490 e. The summed E-state index contributed by atoms with van der Waals surface area (Å²) in [7, 11) is 1.28. The second-order valence-corrected chi connectivity index (χ2v) is 11.8. The van der Waals surface area contributed by atoms with Crippen molar-refractivity contribution in [3.63, 3.8) is 0 Å². The van der Waals surface area contributed by atoms with E-state index in [1.165, 1.54) is 17.9 Å². The number of fused-ring (bicyclic) bond motifs is 1. The van der Waals surface area contributed by atoms with Crippen LogP contribution < -0.4 is 29.1 Å². The number of benzene rings is 3. The molecule has 0 N–H and O–H groups in total. The van der Waals surface area contributed by atoms with E-state index in [9.17, 15) is 9.59 Å². The second-order valence-electron chi connectivity index (χ2n) is 9.47. The van der Waals surface area contributed by atoms with Gasteiger partial charge in [0.25, 0.3) is 5.56 Å². The molecule has 0 bridgehead atoms. The molecular weight excluding hydrogens is 647 g/mol. The fourth-order valence-electron chi connectivity index (χ4n) is 4.75. The number of rotatable bonds is 10. The van der Waals surface area contributed by atoms with Crippen LogP contribution in [0.25, 0.3) is 6.08 Å². The van der Waals surface area contributed by atoms with Crippen molar-refractivity contribution in [2.45, 2.75) is 26.5 Å². The number of esters is 1.